The Morgan fingerprint density at radius 3 is 2.47 bits per heavy atom. The number of nitrogens with zero attached hydrogens (tertiary/aromatic N) is 4. The van der Waals surface area contributed by atoms with Gasteiger partial charge in [0.1, 0.15) is 0 Å². The van der Waals surface area contributed by atoms with E-state index in [4.69, 9.17) is 0 Å². The number of piperidine rings is 1. The van der Waals surface area contributed by atoms with E-state index in [1.807, 2.05) is 11.0 Å². The third-order valence-electron chi connectivity index (χ3n) is 6.20. The Hall–Kier alpha value is -2.60. The molecule has 1 aliphatic rings. The molecule has 2 heterocycles. The first kappa shape index (κ1) is 22.6. The first-order valence-corrected chi connectivity index (χ1v) is 12.5. The largest absolute Gasteiger partial charge is 0.343 e. The highest BCUT2D eigenvalue weighted by Gasteiger charge is 2.20. The summed E-state index contributed by atoms with van der Waals surface area (Å²) in [6, 6.07) is 16.7. The Balaban J connectivity index is 1.47. The third kappa shape index (κ3) is 5.23. The van der Waals surface area contributed by atoms with E-state index in [1.54, 1.807) is 11.8 Å². The maximum atomic E-state index is 12.5. The first-order chi connectivity index (χ1) is 15.5. The number of thioether (sulfide) groups is 1. The zero-order valence-corrected chi connectivity index (χ0v) is 20.1. The van der Waals surface area contributed by atoms with Crippen LogP contribution in [0.25, 0.3) is 17.1 Å². The second kappa shape index (κ2) is 10.3. The minimum atomic E-state index is 0.290. The molecular formula is C26H32N4OS. The molecule has 0 spiro atoms. The number of hydrogen-bond acceptors (Lipinski definition) is 4. The molecule has 3 aromatic rings. The highest BCUT2D eigenvalue weighted by Crippen LogP contribution is 2.30. The Bertz CT molecular complexity index is 1050. The van der Waals surface area contributed by atoms with Crippen LogP contribution in [0.2, 0.25) is 0 Å². The van der Waals surface area contributed by atoms with E-state index in [0.717, 1.165) is 66.3 Å². The lowest BCUT2D eigenvalue weighted by Gasteiger charge is -2.30. The number of aryl methyl sites for hydroxylation is 2. The van der Waals surface area contributed by atoms with Crippen LogP contribution in [0.4, 0.5) is 0 Å². The van der Waals surface area contributed by atoms with Crippen LogP contribution in [-0.2, 0) is 4.79 Å². The van der Waals surface area contributed by atoms with Crippen molar-refractivity contribution in [2.24, 2.45) is 5.92 Å². The number of aromatic nitrogens is 3. The fourth-order valence-corrected chi connectivity index (χ4v) is 4.97. The molecule has 1 aliphatic heterocycles. The van der Waals surface area contributed by atoms with Crippen molar-refractivity contribution in [3.05, 3.63) is 59.7 Å². The number of carbonyl (C=O) groups excluding carboxylic acids is 1. The fraction of sp³-hybridized carbons (Fsp3) is 0.423. The smallest absolute Gasteiger partial charge is 0.222 e. The normalized spacial score (nSPS) is 14.7. The number of likely N-dealkylation sites (tertiary alicyclic amines) is 1. The molecule has 5 nitrogen and oxygen atoms in total. The SMILES string of the molecule is Cc1ccc(-c2nnc(SCCCC(=O)N3CCC(C)CC3)n2-c2ccccc2C)cc1. The van der Waals surface area contributed by atoms with Gasteiger partial charge in [0.15, 0.2) is 11.0 Å². The predicted molar refractivity (Wildman–Crippen MR) is 131 cm³/mol. The summed E-state index contributed by atoms with van der Waals surface area (Å²) in [4.78, 5) is 14.6. The van der Waals surface area contributed by atoms with Gasteiger partial charge in [0.2, 0.25) is 5.91 Å². The van der Waals surface area contributed by atoms with Crippen LogP contribution in [0.1, 0.15) is 43.7 Å². The molecule has 1 saturated heterocycles. The average molecular weight is 449 g/mol. The van der Waals surface area contributed by atoms with Crippen LogP contribution in [0.15, 0.2) is 53.7 Å². The molecule has 6 heteroatoms. The highest BCUT2D eigenvalue weighted by atomic mass is 32.2. The van der Waals surface area contributed by atoms with Crippen molar-refractivity contribution in [2.45, 2.75) is 51.6 Å². The molecule has 1 aromatic heterocycles. The summed E-state index contributed by atoms with van der Waals surface area (Å²) >= 11 is 1.68. The number of rotatable bonds is 7. The number of hydrogen-bond donors (Lipinski definition) is 0. The van der Waals surface area contributed by atoms with E-state index in [2.05, 4.69) is 78.0 Å². The molecule has 0 aliphatic carbocycles. The number of benzene rings is 2. The lowest BCUT2D eigenvalue weighted by molar-refractivity contribution is -0.132. The van der Waals surface area contributed by atoms with E-state index in [0.29, 0.717) is 12.3 Å². The lowest BCUT2D eigenvalue weighted by Crippen LogP contribution is -2.37. The van der Waals surface area contributed by atoms with Crippen LogP contribution in [-0.4, -0.2) is 44.4 Å². The zero-order chi connectivity index (χ0) is 22.5. The van der Waals surface area contributed by atoms with Crippen molar-refractivity contribution >= 4 is 17.7 Å². The monoisotopic (exact) mass is 448 g/mol. The van der Waals surface area contributed by atoms with Gasteiger partial charge in [-0.2, -0.15) is 0 Å². The van der Waals surface area contributed by atoms with Gasteiger partial charge in [0.05, 0.1) is 5.69 Å². The summed E-state index contributed by atoms with van der Waals surface area (Å²) in [6.07, 6.45) is 3.70. The minimum Gasteiger partial charge on any atom is -0.343 e. The molecule has 1 fully saturated rings. The minimum absolute atomic E-state index is 0.290. The van der Waals surface area contributed by atoms with Gasteiger partial charge >= 0.3 is 0 Å². The van der Waals surface area contributed by atoms with Crippen molar-refractivity contribution in [2.75, 3.05) is 18.8 Å². The second-order valence-electron chi connectivity index (χ2n) is 8.81. The van der Waals surface area contributed by atoms with E-state index >= 15 is 0 Å². The van der Waals surface area contributed by atoms with Gasteiger partial charge in [-0.1, -0.05) is 66.7 Å². The van der Waals surface area contributed by atoms with Crippen molar-refractivity contribution in [1.82, 2.24) is 19.7 Å². The van der Waals surface area contributed by atoms with Crippen LogP contribution in [0, 0.1) is 19.8 Å². The number of amides is 1. The molecule has 0 saturated carbocycles. The van der Waals surface area contributed by atoms with Crippen molar-refractivity contribution in [3.8, 4) is 17.1 Å². The van der Waals surface area contributed by atoms with Gasteiger partial charge in [-0.15, -0.1) is 10.2 Å². The van der Waals surface area contributed by atoms with Crippen molar-refractivity contribution in [1.29, 1.82) is 0 Å². The molecule has 0 N–H and O–H groups in total. The summed E-state index contributed by atoms with van der Waals surface area (Å²) in [5.74, 6) is 2.72. The molecule has 0 bridgehead atoms. The molecule has 168 valence electrons. The zero-order valence-electron chi connectivity index (χ0n) is 19.3. The van der Waals surface area contributed by atoms with Gasteiger partial charge in [0.25, 0.3) is 0 Å². The van der Waals surface area contributed by atoms with Crippen molar-refractivity contribution < 1.29 is 4.79 Å². The summed E-state index contributed by atoms with van der Waals surface area (Å²) in [5, 5.41) is 9.94. The maximum absolute atomic E-state index is 12.5. The summed E-state index contributed by atoms with van der Waals surface area (Å²) in [5.41, 5.74) is 4.54. The van der Waals surface area contributed by atoms with E-state index in [9.17, 15) is 4.79 Å². The van der Waals surface area contributed by atoms with E-state index < -0.39 is 0 Å². The van der Waals surface area contributed by atoms with Crippen LogP contribution < -0.4 is 0 Å². The molecule has 0 radical (unpaired) electrons. The fourth-order valence-electron chi connectivity index (χ4n) is 4.09. The molecule has 2 aromatic carbocycles. The average Bonchev–Trinajstić information content (AvgIpc) is 3.21. The topological polar surface area (TPSA) is 51.0 Å². The predicted octanol–water partition coefficient (Wildman–Crippen LogP) is 5.68. The standard InChI is InChI=1S/C26H32N4OS/c1-19-10-12-22(13-11-19)25-27-28-26(30(25)23-8-5-4-7-21(23)3)32-18-6-9-24(31)29-16-14-20(2)15-17-29/h4-5,7-8,10-13,20H,6,9,14-18H2,1-3H3. The molecule has 4 rings (SSSR count). The summed E-state index contributed by atoms with van der Waals surface area (Å²) in [6.45, 7) is 8.29. The van der Waals surface area contributed by atoms with Crippen LogP contribution in [0.5, 0.6) is 0 Å². The van der Waals surface area contributed by atoms with E-state index in [-0.39, 0.29) is 0 Å². The van der Waals surface area contributed by atoms with Gasteiger partial charge in [-0.05, 0) is 50.7 Å². The third-order valence-corrected chi connectivity index (χ3v) is 7.22. The molecule has 1 amide bonds. The summed E-state index contributed by atoms with van der Waals surface area (Å²) in [7, 11) is 0. The lowest BCUT2D eigenvalue weighted by atomic mass is 9.99. The summed E-state index contributed by atoms with van der Waals surface area (Å²) < 4.78 is 2.15. The molecule has 0 unspecified atom stereocenters. The molecular weight excluding hydrogens is 416 g/mol. The molecule has 32 heavy (non-hydrogen) atoms. The van der Waals surface area contributed by atoms with Crippen LogP contribution >= 0.6 is 11.8 Å². The first-order valence-electron chi connectivity index (χ1n) is 11.5. The van der Waals surface area contributed by atoms with Crippen LogP contribution in [0.3, 0.4) is 0 Å². The Morgan fingerprint density at radius 2 is 1.75 bits per heavy atom. The molecule has 0 atom stereocenters. The van der Waals surface area contributed by atoms with Gasteiger partial charge in [-0.3, -0.25) is 9.36 Å². The Kier molecular flexibility index (Phi) is 7.30. The Labute approximate surface area is 195 Å². The van der Waals surface area contributed by atoms with E-state index in [1.165, 1.54) is 11.1 Å². The van der Waals surface area contributed by atoms with Gasteiger partial charge in [0, 0.05) is 30.8 Å². The van der Waals surface area contributed by atoms with Gasteiger partial charge < -0.3 is 4.90 Å². The Morgan fingerprint density at radius 1 is 1.03 bits per heavy atom. The van der Waals surface area contributed by atoms with Crippen molar-refractivity contribution in [3.63, 3.8) is 0 Å². The quantitative estimate of drug-likeness (QED) is 0.345. The highest BCUT2D eigenvalue weighted by molar-refractivity contribution is 7.99. The second-order valence-corrected chi connectivity index (χ2v) is 9.87. The number of para-hydroxylation sites is 1. The number of carbonyl (C=O) groups is 1. The maximum Gasteiger partial charge on any atom is 0.222 e. The van der Waals surface area contributed by atoms with Gasteiger partial charge in [-0.25, -0.2) is 0 Å².